The van der Waals surface area contributed by atoms with Gasteiger partial charge in [-0.25, -0.2) is 9.78 Å². The topological polar surface area (TPSA) is 57.3 Å². The summed E-state index contributed by atoms with van der Waals surface area (Å²) in [5.74, 6) is 0.837. The van der Waals surface area contributed by atoms with Gasteiger partial charge in [0.05, 0.1) is 5.01 Å². The number of hydrogen-bond donors (Lipinski definition) is 2. The van der Waals surface area contributed by atoms with Gasteiger partial charge >= 0.3 is 6.03 Å². The van der Waals surface area contributed by atoms with Gasteiger partial charge in [0, 0.05) is 36.6 Å². The van der Waals surface area contributed by atoms with Crippen molar-refractivity contribution >= 4 is 17.4 Å². The average Bonchev–Trinajstić information content (AvgIpc) is 2.89. The first-order valence-corrected chi connectivity index (χ1v) is 8.49. The molecule has 5 nitrogen and oxygen atoms in total. The van der Waals surface area contributed by atoms with Crippen LogP contribution in [0.15, 0.2) is 6.20 Å². The van der Waals surface area contributed by atoms with Gasteiger partial charge in [0.15, 0.2) is 0 Å². The van der Waals surface area contributed by atoms with Crippen LogP contribution in [0, 0.1) is 12.8 Å². The Labute approximate surface area is 131 Å². The van der Waals surface area contributed by atoms with Crippen molar-refractivity contribution in [3.05, 3.63) is 16.1 Å². The Hall–Kier alpha value is -1.14. The number of likely N-dealkylation sites (tertiary alicyclic amines) is 1. The molecule has 6 heteroatoms. The molecule has 2 heterocycles. The summed E-state index contributed by atoms with van der Waals surface area (Å²) in [6.07, 6.45) is 4.32. The highest BCUT2D eigenvalue weighted by molar-refractivity contribution is 7.11. The van der Waals surface area contributed by atoms with E-state index in [9.17, 15) is 4.79 Å². The molecule has 21 heavy (non-hydrogen) atoms. The molecule has 0 spiro atoms. The van der Waals surface area contributed by atoms with Crippen LogP contribution in [0.4, 0.5) is 4.79 Å². The first kappa shape index (κ1) is 16.2. The summed E-state index contributed by atoms with van der Waals surface area (Å²) in [5.41, 5.74) is 0. The van der Waals surface area contributed by atoms with Gasteiger partial charge < -0.3 is 15.5 Å². The van der Waals surface area contributed by atoms with E-state index in [1.807, 2.05) is 6.20 Å². The summed E-state index contributed by atoms with van der Waals surface area (Å²) in [6.45, 7) is 7.79. The van der Waals surface area contributed by atoms with E-state index in [-0.39, 0.29) is 11.9 Å². The number of urea groups is 1. The van der Waals surface area contributed by atoms with E-state index in [1.165, 1.54) is 24.3 Å². The summed E-state index contributed by atoms with van der Waals surface area (Å²) in [6, 6.07) is -0.0663. The van der Waals surface area contributed by atoms with E-state index >= 15 is 0 Å². The Bertz CT molecular complexity index is 462. The lowest BCUT2D eigenvalue weighted by Gasteiger charge is -2.29. The Morgan fingerprint density at radius 2 is 2.38 bits per heavy atom. The van der Waals surface area contributed by atoms with E-state index in [0.717, 1.165) is 18.1 Å². The molecule has 0 aliphatic carbocycles. The third-order valence-corrected chi connectivity index (χ3v) is 5.05. The number of aryl methyl sites for hydroxylation is 1. The van der Waals surface area contributed by atoms with Crippen molar-refractivity contribution in [3.63, 3.8) is 0 Å². The molecule has 0 bridgehead atoms. The van der Waals surface area contributed by atoms with Crippen LogP contribution < -0.4 is 10.6 Å². The zero-order chi connectivity index (χ0) is 15.2. The lowest BCUT2D eigenvalue weighted by atomic mass is 9.99. The summed E-state index contributed by atoms with van der Waals surface area (Å²) in [5, 5.41) is 7.02. The van der Waals surface area contributed by atoms with Gasteiger partial charge in [-0.05, 0) is 39.3 Å². The van der Waals surface area contributed by atoms with E-state index in [1.54, 1.807) is 11.3 Å². The second-order valence-electron chi connectivity index (χ2n) is 6.07. The summed E-state index contributed by atoms with van der Waals surface area (Å²) in [4.78, 5) is 19.8. The van der Waals surface area contributed by atoms with E-state index in [2.05, 4.69) is 41.4 Å². The molecule has 1 saturated heterocycles. The Morgan fingerprint density at radius 3 is 3.05 bits per heavy atom. The van der Waals surface area contributed by atoms with Crippen LogP contribution in [0.5, 0.6) is 0 Å². The average molecular weight is 310 g/mol. The third kappa shape index (κ3) is 5.28. The second kappa shape index (κ2) is 7.75. The maximum absolute atomic E-state index is 11.9. The largest absolute Gasteiger partial charge is 0.338 e. The lowest BCUT2D eigenvalue weighted by Crippen LogP contribution is -2.43. The first-order chi connectivity index (χ1) is 10.0. The number of nitrogens with zero attached hydrogens (tertiary/aromatic N) is 2. The smallest absolute Gasteiger partial charge is 0.314 e. The highest BCUT2D eigenvalue weighted by Gasteiger charge is 2.18. The molecule has 0 radical (unpaired) electrons. The van der Waals surface area contributed by atoms with Gasteiger partial charge in [-0.2, -0.15) is 0 Å². The van der Waals surface area contributed by atoms with E-state index in [0.29, 0.717) is 12.5 Å². The van der Waals surface area contributed by atoms with Crippen molar-refractivity contribution in [2.45, 2.75) is 32.6 Å². The molecule has 2 amide bonds. The molecule has 2 atom stereocenters. The normalized spacial score (nSPS) is 21.0. The summed E-state index contributed by atoms with van der Waals surface area (Å²) < 4.78 is 0. The van der Waals surface area contributed by atoms with Crippen LogP contribution in [0.1, 0.15) is 35.6 Å². The van der Waals surface area contributed by atoms with Crippen LogP contribution in [0.25, 0.3) is 0 Å². The standard InChI is InChI=1S/C15H26N4OS/c1-11(14-16-8-12(2)21-14)7-17-15(20)18-9-13-5-4-6-19(3)10-13/h8,11,13H,4-7,9-10H2,1-3H3,(H2,17,18,20)/t11-,13+/m0/s1. The third-order valence-electron chi connectivity index (χ3n) is 3.90. The highest BCUT2D eigenvalue weighted by Crippen LogP contribution is 2.20. The van der Waals surface area contributed by atoms with Crippen molar-refractivity contribution in [2.75, 3.05) is 33.2 Å². The number of hydrogen-bond acceptors (Lipinski definition) is 4. The number of amides is 2. The summed E-state index contributed by atoms with van der Waals surface area (Å²) >= 11 is 1.70. The van der Waals surface area contributed by atoms with Crippen molar-refractivity contribution in [1.29, 1.82) is 0 Å². The molecule has 2 N–H and O–H groups in total. The SMILES string of the molecule is Cc1cnc([C@@H](C)CNC(=O)NC[C@H]2CCCN(C)C2)s1. The van der Waals surface area contributed by atoms with Crippen molar-refractivity contribution in [1.82, 2.24) is 20.5 Å². The van der Waals surface area contributed by atoms with Gasteiger partial charge in [0.2, 0.25) is 0 Å². The zero-order valence-corrected chi connectivity index (χ0v) is 14.0. The predicted octanol–water partition coefficient (Wildman–Crippen LogP) is 2.20. The van der Waals surface area contributed by atoms with Crippen molar-refractivity contribution in [3.8, 4) is 0 Å². The molecule has 0 aromatic carbocycles. The number of piperidine rings is 1. The van der Waals surface area contributed by atoms with Gasteiger partial charge in [-0.15, -0.1) is 11.3 Å². The van der Waals surface area contributed by atoms with Crippen LogP contribution >= 0.6 is 11.3 Å². The Kier molecular flexibility index (Phi) is 5.99. The highest BCUT2D eigenvalue weighted by atomic mass is 32.1. The Balaban J connectivity index is 1.65. The van der Waals surface area contributed by atoms with Crippen molar-refractivity contribution in [2.24, 2.45) is 5.92 Å². The molecule has 1 aromatic heterocycles. The quantitative estimate of drug-likeness (QED) is 0.876. The predicted molar refractivity (Wildman–Crippen MR) is 86.9 cm³/mol. The van der Waals surface area contributed by atoms with Crippen LogP contribution in [-0.2, 0) is 0 Å². The van der Waals surface area contributed by atoms with Crippen LogP contribution in [-0.4, -0.2) is 49.1 Å². The minimum atomic E-state index is -0.0663. The zero-order valence-electron chi connectivity index (χ0n) is 13.2. The number of thiazole rings is 1. The van der Waals surface area contributed by atoms with Crippen LogP contribution in [0.2, 0.25) is 0 Å². The fraction of sp³-hybridized carbons (Fsp3) is 0.733. The molecular formula is C15H26N4OS. The maximum Gasteiger partial charge on any atom is 0.314 e. The minimum Gasteiger partial charge on any atom is -0.338 e. The number of carbonyl (C=O) groups is 1. The number of nitrogens with one attached hydrogen (secondary N) is 2. The summed E-state index contributed by atoms with van der Waals surface area (Å²) in [7, 11) is 2.14. The van der Waals surface area contributed by atoms with Gasteiger partial charge in [-0.3, -0.25) is 0 Å². The first-order valence-electron chi connectivity index (χ1n) is 7.67. The molecule has 0 unspecified atom stereocenters. The van der Waals surface area contributed by atoms with Gasteiger partial charge in [-0.1, -0.05) is 6.92 Å². The number of carbonyl (C=O) groups excluding carboxylic acids is 1. The fourth-order valence-electron chi connectivity index (χ4n) is 2.67. The number of rotatable bonds is 5. The monoisotopic (exact) mass is 310 g/mol. The molecule has 2 rings (SSSR count). The molecular weight excluding hydrogens is 284 g/mol. The maximum atomic E-state index is 11.9. The second-order valence-corrected chi connectivity index (χ2v) is 7.34. The van der Waals surface area contributed by atoms with Gasteiger partial charge in [0.25, 0.3) is 0 Å². The molecule has 1 fully saturated rings. The van der Waals surface area contributed by atoms with Gasteiger partial charge in [0.1, 0.15) is 0 Å². The molecule has 1 aliphatic heterocycles. The molecule has 0 saturated carbocycles. The molecule has 1 aliphatic rings. The minimum absolute atomic E-state index is 0.0663. The molecule has 118 valence electrons. The number of aromatic nitrogens is 1. The van der Waals surface area contributed by atoms with E-state index < -0.39 is 0 Å². The molecule has 1 aromatic rings. The van der Waals surface area contributed by atoms with Crippen molar-refractivity contribution < 1.29 is 4.79 Å². The van der Waals surface area contributed by atoms with Crippen LogP contribution in [0.3, 0.4) is 0 Å². The van der Waals surface area contributed by atoms with E-state index in [4.69, 9.17) is 0 Å². The fourth-order valence-corrected chi connectivity index (χ4v) is 3.50. The lowest BCUT2D eigenvalue weighted by molar-refractivity contribution is 0.202. The Morgan fingerprint density at radius 1 is 1.57 bits per heavy atom.